The van der Waals surface area contributed by atoms with Crippen molar-refractivity contribution in [2.24, 2.45) is 11.5 Å². The summed E-state index contributed by atoms with van der Waals surface area (Å²) in [6, 6.07) is 0.465. The third-order valence-electron chi connectivity index (χ3n) is 13.5. The summed E-state index contributed by atoms with van der Waals surface area (Å²) in [5.74, 6) is -0.326. The van der Waals surface area contributed by atoms with Crippen LogP contribution in [0.15, 0.2) is 52.4 Å². The molecular weight excluding hydrogens is 941 g/mol. The van der Waals surface area contributed by atoms with Crippen LogP contribution in [0, 0.1) is 0 Å². The highest BCUT2D eigenvalue weighted by molar-refractivity contribution is 5.81. The molecule has 18 nitrogen and oxygen atoms in total. The summed E-state index contributed by atoms with van der Waals surface area (Å²) >= 11 is 0. The lowest BCUT2D eigenvalue weighted by Gasteiger charge is -2.25. The fourth-order valence-corrected chi connectivity index (χ4v) is 9.07. The Morgan fingerprint density at radius 2 is 1.16 bits per heavy atom. The van der Waals surface area contributed by atoms with Gasteiger partial charge in [0.15, 0.2) is 18.4 Å². The van der Waals surface area contributed by atoms with Gasteiger partial charge in [0, 0.05) is 25.4 Å². The molecule has 0 radical (unpaired) electrons. The minimum atomic E-state index is -1.32. The average Bonchev–Trinajstić information content (AvgIpc) is 3.97. The molecule has 2 aromatic heterocycles. The first kappa shape index (κ1) is 63.5. The van der Waals surface area contributed by atoms with Crippen LogP contribution in [-0.4, -0.2) is 86.6 Å². The summed E-state index contributed by atoms with van der Waals surface area (Å²) in [5, 5.41) is 16.9. The predicted molar refractivity (Wildman–Crippen MR) is 293 cm³/mol. The van der Waals surface area contributed by atoms with Gasteiger partial charge in [0.05, 0.1) is 25.3 Å². The standard InChI is InChI=1S/C56H98N10O8/c1-3-5-7-9-11-13-15-17-19-21-23-25-27-29-31-35-40-59-55(70)73-50-48(45-65-44-46(63-64-65)43-61-52(68)47(58)37-33-34-39-57)72-53(66-42-38-49(67)62-54(66)69)51(50)74-56(71)60-41-36-32-30-28-26-24-22-20-18-16-14-12-10-8-6-4-2/h17-20,38,42,44,47-48,50-51,53H,3-16,21-37,39-41,43,45,57-58H2,1-2H3,(H,59,70)(H,60,71)(H,61,68)(H,62,67,69)/b19-17-,20-18-/t47-,48+,50+,51+,53+/m0/s1. The zero-order chi connectivity index (χ0) is 53.3. The van der Waals surface area contributed by atoms with Gasteiger partial charge in [0.1, 0.15) is 11.8 Å². The molecule has 1 aliphatic rings. The lowest BCUT2D eigenvalue weighted by atomic mass is 10.1. The first-order chi connectivity index (χ1) is 36.2. The van der Waals surface area contributed by atoms with Gasteiger partial charge in [-0.15, -0.1) is 5.10 Å². The number of rotatable bonds is 44. The topological polar surface area (TPSA) is 253 Å². The van der Waals surface area contributed by atoms with E-state index in [4.69, 9.17) is 25.7 Å². The molecule has 3 amide bonds. The van der Waals surface area contributed by atoms with E-state index >= 15 is 0 Å². The quantitative estimate of drug-likeness (QED) is 0.0268. The van der Waals surface area contributed by atoms with Gasteiger partial charge in [-0.05, 0) is 83.6 Å². The minimum Gasteiger partial charge on any atom is -0.439 e. The molecule has 0 spiro atoms. The van der Waals surface area contributed by atoms with Gasteiger partial charge >= 0.3 is 17.9 Å². The van der Waals surface area contributed by atoms with Crippen LogP contribution < -0.4 is 38.7 Å². The number of nitrogens with one attached hydrogen (secondary N) is 4. The summed E-state index contributed by atoms with van der Waals surface area (Å²) in [7, 11) is 0. The molecule has 0 bridgehead atoms. The van der Waals surface area contributed by atoms with Crippen LogP contribution in [0.3, 0.4) is 0 Å². The van der Waals surface area contributed by atoms with Crippen molar-refractivity contribution >= 4 is 18.1 Å². The zero-order valence-electron chi connectivity index (χ0n) is 45.6. The number of alkyl carbamates (subject to hydrolysis) is 2. The van der Waals surface area contributed by atoms with Gasteiger partial charge < -0.3 is 41.6 Å². The van der Waals surface area contributed by atoms with Crippen LogP contribution in [-0.2, 0) is 32.1 Å². The second-order valence-electron chi connectivity index (χ2n) is 20.1. The maximum Gasteiger partial charge on any atom is 0.407 e. The number of hydrogen-bond acceptors (Lipinski definition) is 12. The predicted octanol–water partition coefficient (Wildman–Crippen LogP) is 10.1. The highest BCUT2D eigenvalue weighted by Crippen LogP contribution is 2.34. The molecule has 0 aliphatic carbocycles. The number of amides is 3. The minimum absolute atomic E-state index is 0.0437. The van der Waals surface area contributed by atoms with Gasteiger partial charge in [-0.1, -0.05) is 165 Å². The molecule has 5 atom stereocenters. The Balaban J connectivity index is 1.56. The van der Waals surface area contributed by atoms with Crippen molar-refractivity contribution in [3.8, 4) is 0 Å². The lowest BCUT2D eigenvalue weighted by Crippen LogP contribution is -2.45. The molecule has 18 heteroatoms. The number of allylic oxidation sites excluding steroid dienone is 4. The molecule has 420 valence electrons. The summed E-state index contributed by atoms with van der Waals surface area (Å²) in [5.41, 5.74) is 10.6. The number of carbonyl (C=O) groups excluding carboxylic acids is 3. The second kappa shape index (κ2) is 41.4. The smallest absolute Gasteiger partial charge is 0.407 e. The average molecular weight is 1040 g/mol. The second-order valence-corrected chi connectivity index (χ2v) is 20.1. The molecule has 74 heavy (non-hydrogen) atoms. The Morgan fingerprint density at radius 3 is 1.66 bits per heavy atom. The molecule has 1 saturated heterocycles. The molecule has 1 aliphatic heterocycles. The number of nitrogens with zero attached hydrogens (tertiary/aromatic N) is 4. The summed E-state index contributed by atoms with van der Waals surface area (Å²) < 4.78 is 21.0. The largest absolute Gasteiger partial charge is 0.439 e. The number of aromatic nitrogens is 5. The fraction of sp³-hybridized carbons (Fsp3) is 0.768. The van der Waals surface area contributed by atoms with E-state index in [1.165, 1.54) is 114 Å². The van der Waals surface area contributed by atoms with Crippen molar-refractivity contribution in [3.05, 3.63) is 69.3 Å². The monoisotopic (exact) mass is 1040 g/mol. The van der Waals surface area contributed by atoms with Crippen LogP contribution in [0.2, 0.25) is 0 Å². The van der Waals surface area contributed by atoms with E-state index < -0.39 is 54.0 Å². The molecular formula is C56H98N10O8. The zero-order valence-corrected chi connectivity index (χ0v) is 45.6. The van der Waals surface area contributed by atoms with Crippen LogP contribution in [0.4, 0.5) is 9.59 Å². The Morgan fingerprint density at radius 1 is 0.676 bits per heavy atom. The van der Waals surface area contributed by atoms with Crippen molar-refractivity contribution in [1.82, 2.24) is 40.5 Å². The fourth-order valence-electron chi connectivity index (χ4n) is 9.07. The maximum absolute atomic E-state index is 13.5. The van der Waals surface area contributed by atoms with E-state index in [9.17, 15) is 24.0 Å². The third-order valence-corrected chi connectivity index (χ3v) is 13.5. The van der Waals surface area contributed by atoms with Gasteiger partial charge in [-0.2, -0.15) is 0 Å². The van der Waals surface area contributed by atoms with Crippen LogP contribution >= 0.6 is 0 Å². The van der Waals surface area contributed by atoms with Crippen molar-refractivity contribution in [3.63, 3.8) is 0 Å². The number of aromatic amines is 1. The highest BCUT2D eigenvalue weighted by atomic mass is 16.7. The first-order valence-corrected chi connectivity index (χ1v) is 28.9. The SMILES string of the molecule is CCCCCCCC/C=C\CCCCCCCCNC(=O)O[C@@H]1[C@H](OC(=O)NCCCCCCCC/C=C\CCCCCCCC)[C@@H](Cn2cc(CNC(=O)[C@@H](N)CCCCN)nn2)O[C@H]1n1ccc(=O)[nH]c1=O. The molecule has 0 aromatic carbocycles. The van der Waals surface area contributed by atoms with Gasteiger partial charge in [-0.25, -0.2) is 19.1 Å². The number of unbranched alkanes of at least 4 members (excludes halogenated alkanes) is 25. The molecule has 2 aromatic rings. The molecule has 0 saturated carbocycles. The Bertz CT molecular complexity index is 1950. The Kier molecular flexibility index (Phi) is 35.5. The first-order valence-electron chi connectivity index (χ1n) is 28.9. The molecule has 8 N–H and O–H groups in total. The number of hydrogen-bond donors (Lipinski definition) is 6. The van der Waals surface area contributed by atoms with Crippen molar-refractivity contribution < 1.29 is 28.6 Å². The van der Waals surface area contributed by atoms with Gasteiger partial charge in [0.25, 0.3) is 5.56 Å². The van der Waals surface area contributed by atoms with Crippen LogP contribution in [0.1, 0.15) is 225 Å². The molecule has 3 rings (SSSR count). The Labute approximate surface area is 442 Å². The van der Waals surface area contributed by atoms with E-state index in [-0.39, 0.29) is 19.0 Å². The van der Waals surface area contributed by atoms with E-state index in [0.29, 0.717) is 31.7 Å². The third kappa shape index (κ3) is 28.7. The van der Waals surface area contributed by atoms with E-state index in [1.54, 1.807) is 6.20 Å². The highest BCUT2D eigenvalue weighted by Gasteiger charge is 2.51. The lowest BCUT2D eigenvalue weighted by molar-refractivity contribution is -0.122. The van der Waals surface area contributed by atoms with Gasteiger partial charge in [-0.3, -0.25) is 19.1 Å². The number of nitrogens with two attached hydrogens (primary N) is 2. The van der Waals surface area contributed by atoms with Crippen LogP contribution in [0.25, 0.3) is 0 Å². The summed E-state index contributed by atoms with van der Waals surface area (Å²) in [4.78, 5) is 67.2. The molecule has 0 unspecified atom stereocenters. The number of ether oxygens (including phenoxy) is 3. The maximum atomic E-state index is 13.5. The van der Waals surface area contributed by atoms with Gasteiger partial charge in [0.2, 0.25) is 5.91 Å². The van der Waals surface area contributed by atoms with E-state index in [1.807, 2.05) is 0 Å². The summed E-state index contributed by atoms with van der Waals surface area (Å²) in [6.07, 6.45) is 40.6. The van der Waals surface area contributed by atoms with Crippen molar-refractivity contribution in [2.45, 2.75) is 257 Å². The molecule has 1 fully saturated rings. The number of H-pyrrole nitrogens is 1. The number of carbonyl (C=O) groups is 3. The Hall–Kier alpha value is -4.81. The van der Waals surface area contributed by atoms with Crippen LogP contribution in [0.5, 0.6) is 0 Å². The van der Waals surface area contributed by atoms with Crippen molar-refractivity contribution in [2.75, 3.05) is 19.6 Å². The summed E-state index contributed by atoms with van der Waals surface area (Å²) in [6.45, 7) is 5.77. The van der Waals surface area contributed by atoms with E-state index in [2.05, 4.69) is 69.4 Å². The van der Waals surface area contributed by atoms with Crippen molar-refractivity contribution in [1.29, 1.82) is 0 Å². The molecule has 3 heterocycles. The van der Waals surface area contributed by atoms with E-state index in [0.717, 1.165) is 101 Å². The normalized spacial score (nSPS) is 17.0.